The maximum Gasteiger partial charge on any atom is 0.277 e. The molecular weight excluding hydrogens is 344 g/mol. The lowest BCUT2D eigenvalue weighted by atomic mass is 9.99. The quantitative estimate of drug-likeness (QED) is 0.771. The number of hydrogen-bond acceptors (Lipinski definition) is 8. The van der Waals surface area contributed by atoms with Crippen molar-refractivity contribution in [3.05, 3.63) is 12.1 Å². The molecule has 0 radical (unpaired) electrons. The van der Waals surface area contributed by atoms with Gasteiger partial charge in [0.05, 0.1) is 26.6 Å². The molecule has 2 aromatic rings. The SMILES string of the molecule is COc1cc(-c2nnc(S[C@H]3CCCCC3=O)o2)cc(OC)c1OC. The summed E-state index contributed by atoms with van der Waals surface area (Å²) >= 11 is 1.34. The van der Waals surface area contributed by atoms with Gasteiger partial charge in [0.25, 0.3) is 5.22 Å². The van der Waals surface area contributed by atoms with Crippen LogP contribution in [0.25, 0.3) is 11.5 Å². The number of thioether (sulfide) groups is 1. The molecule has 0 aliphatic heterocycles. The number of hydrogen-bond donors (Lipinski definition) is 0. The number of ketones is 1. The lowest BCUT2D eigenvalue weighted by Gasteiger charge is -2.17. The molecule has 0 bridgehead atoms. The molecule has 1 aromatic carbocycles. The Kier molecular flexibility index (Phi) is 5.47. The number of aromatic nitrogens is 2. The Labute approximate surface area is 150 Å². The predicted octanol–water partition coefficient (Wildman–Crippen LogP) is 3.37. The van der Waals surface area contributed by atoms with Gasteiger partial charge in [-0.15, -0.1) is 10.2 Å². The summed E-state index contributed by atoms with van der Waals surface area (Å²) in [6.45, 7) is 0. The highest BCUT2D eigenvalue weighted by atomic mass is 32.2. The van der Waals surface area contributed by atoms with Crippen molar-refractivity contribution in [2.75, 3.05) is 21.3 Å². The highest BCUT2D eigenvalue weighted by molar-refractivity contribution is 8.00. The smallest absolute Gasteiger partial charge is 0.277 e. The lowest BCUT2D eigenvalue weighted by Crippen LogP contribution is -2.21. The number of rotatable bonds is 6. The van der Waals surface area contributed by atoms with E-state index in [1.54, 1.807) is 33.5 Å². The molecule has 3 rings (SSSR count). The standard InChI is InChI=1S/C17H20N2O5S/c1-21-12-8-10(9-13(22-2)15(12)23-3)16-18-19-17(24-16)25-14-7-5-4-6-11(14)20/h8-9,14H,4-7H2,1-3H3/t14-/m0/s1. The van der Waals surface area contributed by atoms with Crippen LogP contribution >= 0.6 is 11.8 Å². The molecule has 0 unspecified atom stereocenters. The number of carbonyl (C=O) groups excluding carboxylic acids is 1. The first-order valence-electron chi connectivity index (χ1n) is 7.99. The van der Waals surface area contributed by atoms with E-state index in [0.29, 0.717) is 40.3 Å². The molecule has 0 saturated heterocycles. The molecule has 0 amide bonds. The molecule has 1 aliphatic rings. The van der Waals surface area contributed by atoms with Crippen LogP contribution in [0.1, 0.15) is 25.7 Å². The van der Waals surface area contributed by atoms with Gasteiger partial charge >= 0.3 is 0 Å². The largest absolute Gasteiger partial charge is 0.493 e. The van der Waals surface area contributed by atoms with Gasteiger partial charge in [0.15, 0.2) is 11.5 Å². The summed E-state index contributed by atoms with van der Waals surface area (Å²) in [4.78, 5) is 12.0. The first-order valence-corrected chi connectivity index (χ1v) is 8.87. The third kappa shape index (κ3) is 3.73. The number of ether oxygens (including phenoxy) is 3. The van der Waals surface area contributed by atoms with E-state index >= 15 is 0 Å². The zero-order valence-electron chi connectivity index (χ0n) is 14.4. The van der Waals surface area contributed by atoms with Crippen LogP contribution in [0.2, 0.25) is 0 Å². The maximum atomic E-state index is 12.0. The van der Waals surface area contributed by atoms with Gasteiger partial charge in [0.1, 0.15) is 5.78 Å². The van der Waals surface area contributed by atoms with Crippen molar-refractivity contribution in [1.82, 2.24) is 10.2 Å². The monoisotopic (exact) mass is 364 g/mol. The van der Waals surface area contributed by atoms with E-state index in [2.05, 4.69) is 10.2 Å². The number of benzene rings is 1. The minimum absolute atomic E-state index is 0.0954. The molecule has 134 valence electrons. The average molecular weight is 364 g/mol. The van der Waals surface area contributed by atoms with Gasteiger partial charge in [0, 0.05) is 12.0 Å². The van der Waals surface area contributed by atoms with Crippen LogP contribution in [0.3, 0.4) is 0 Å². The van der Waals surface area contributed by atoms with E-state index in [0.717, 1.165) is 19.3 Å². The second kappa shape index (κ2) is 7.77. The maximum absolute atomic E-state index is 12.0. The van der Waals surface area contributed by atoms with E-state index in [9.17, 15) is 4.79 Å². The van der Waals surface area contributed by atoms with Crippen molar-refractivity contribution in [2.24, 2.45) is 0 Å². The molecule has 0 spiro atoms. The van der Waals surface area contributed by atoms with E-state index in [1.807, 2.05) is 0 Å². The van der Waals surface area contributed by atoms with Gasteiger partial charge < -0.3 is 18.6 Å². The molecule has 25 heavy (non-hydrogen) atoms. The fourth-order valence-electron chi connectivity index (χ4n) is 2.78. The summed E-state index contributed by atoms with van der Waals surface area (Å²) < 4.78 is 21.7. The Bertz CT molecular complexity index is 736. The summed E-state index contributed by atoms with van der Waals surface area (Å²) in [5.74, 6) is 2.10. The van der Waals surface area contributed by atoms with E-state index in [4.69, 9.17) is 18.6 Å². The van der Waals surface area contributed by atoms with Gasteiger partial charge in [-0.3, -0.25) is 4.79 Å². The number of Topliss-reactive ketones (excluding diaryl/α,β-unsaturated/α-hetero) is 1. The van der Waals surface area contributed by atoms with Crippen LogP contribution in [-0.2, 0) is 4.79 Å². The minimum Gasteiger partial charge on any atom is -0.493 e. The molecule has 0 N–H and O–H groups in total. The van der Waals surface area contributed by atoms with Crippen molar-refractivity contribution in [2.45, 2.75) is 36.2 Å². The highest BCUT2D eigenvalue weighted by Crippen LogP contribution is 2.41. The Morgan fingerprint density at radius 2 is 1.80 bits per heavy atom. The van der Waals surface area contributed by atoms with Gasteiger partial charge in [-0.25, -0.2) is 0 Å². The Morgan fingerprint density at radius 1 is 1.08 bits per heavy atom. The lowest BCUT2D eigenvalue weighted by molar-refractivity contribution is -0.119. The zero-order chi connectivity index (χ0) is 17.8. The van der Waals surface area contributed by atoms with Crippen LogP contribution in [0, 0.1) is 0 Å². The summed E-state index contributed by atoms with van der Waals surface area (Å²) in [6.07, 6.45) is 3.50. The van der Waals surface area contributed by atoms with Crippen molar-refractivity contribution in [1.29, 1.82) is 0 Å². The van der Waals surface area contributed by atoms with Crippen LogP contribution in [0.5, 0.6) is 17.2 Å². The zero-order valence-corrected chi connectivity index (χ0v) is 15.2. The van der Waals surface area contributed by atoms with Gasteiger partial charge in [0.2, 0.25) is 11.6 Å². The topological polar surface area (TPSA) is 83.7 Å². The van der Waals surface area contributed by atoms with E-state index in [-0.39, 0.29) is 11.0 Å². The fourth-order valence-corrected chi connectivity index (χ4v) is 3.77. The predicted molar refractivity (Wildman–Crippen MR) is 92.5 cm³/mol. The second-order valence-electron chi connectivity index (χ2n) is 5.61. The normalized spacial score (nSPS) is 17.4. The van der Waals surface area contributed by atoms with Crippen molar-refractivity contribution in [3.8, 4) is 28.7 Å². The van der Waals surface area contributed by atoms with Gasteiger partial charge in [-0.05, 0) is 25.0 Å². The van der Waals surface area contributed by atoms with Crippen molar-refractivity contribution < 1.29 is 23.4 Å². The minimum atomic E-state index is -0.0954. The summed E-state index contributed by atoms with van der Waals surface area (Å²) in [5, 5.41) is 8.44. The number of carbonyl (C=O) groups is 1. The van der Waals surface area contributed by atoms with Crippen LogP contribution in [-0.4, -0.2) is 42.6 Å². The van der Waals surface area contributed by atoms with Gasteiger partial charge in [-0.1, -0.05) is 18.2 Å². The Balaban J connectivity index is 1.85. The first-order chi connectivity index (χ1) is 12.2. The Hall–Kier alpha value is -2.22. The fraction of sp³-hybridized carbons (Fsp3) is 0.471. The van der Waals surface area contributed by atoms with E-state index < -0.39 is 0 Å². The Morgan fingerprint density at radius 3 is 2.40 bits per heavy atom. The highest BCUT2D eigenvalue weighted by Gasteiger charge is 2.26. The first kappa shape index (κ1) is 17.6. The summed E-state index contributed by atoms with van der Waals surface area (Å²) in [6, 6.07) is 3.49. The van der Waals surface area contributed by atoms with E-state index in [1.165, 1.54) is 11.8 Å². The van der Waals surface area contributed by atoms with Crippen LogP contribution in [0.15, 0.2) is 21.8 Å². The van der Waals surface area contributed by atoms with Crippen LogP contribution < -0.4 is 14.2 Å². The van der Waals surface area contributed by atoms with Gasteiger partial charge in [-0.2, -0.15) is 0 Å². The number of nitrogens with zero attached hydrogens (tertiary/aromatic N) is 2. The third-order valence-electron chi connectivity index (χ3n) is 4.06. The molecule has 7 nitrogen and oxygen atoms in total. The molecule has 1 fully saturated rings. The molecule has 1 aliphatic carbocycles. The third-order valence-corrected chi connectivity index (χ3v) is 5.21. The summed E-state index contributed by atoms with van der Waals surface area (Å²) in [7, 11) is 4.64. The molecule has 1 heterocycles. The molecular formula is C17H20N2O5S. The van der Waals surface area contributed by atoms with Crippen LogP contribution in [0.4, 0.5) is 0 Å². The van der Waals surface area contributed by atoms with Crippen molar-refractivity contribution >= 4 is 17.5 Å². The molecule has 1 atom stereocenters. The van der Waals surface area contributed by atoms with Crippen molar-refractivity contribution in [3.63, 3.8) is 0 Å². The second-order valence-corrected chi connectivity index (χ2v) is 6.76. The average Bonchev–Trinajstić information content (AvgIpc) is 3.11. The molecule has 8 heteroatoms. The number of methoxy groups -OCH3 is 3. The molecule has 1 aromatic heterocycles. The molecule has 1 saturated carbocycles. The summed E-state index contributed by atoms with van der Waals surface area (Å²) in [5.41, 5.74) is 0.656.